The molecule has 0 aliphatic carbocycles. The first-order valence-corrected chi connectivity index (χ1v) is 7.67. The Morgan fingerprint density at radius 3 is 2.38 bits per heavy atom. The molecule has 2 heterocycles. The second-order valence-electron chi connectivity index (χ2n) is 4.93. The fourth-order valence-corrected chi connectivity index (χ4v) is 3.49. The molecule has 1 aliphatic heterocycles. The number of hydrogen-bond donors (Lipinski definition) is 1. The van der Waals surface area contributed by atoms with Crippen LogP contribution >= 0.6 is 11.8 Å². The molecule has 1 N–H and O–H groups in total. The van der Waals surface area contributed by atoms with Crippen molar-refractivity contribution in [2.24, 2.45) is 0 Å². The first-order chi connectivity index (χ1) is 10.3. The summed E-state index contributed by atoms with van der Waals surface area (Å²) in [4.78, 5) is 11.6. The van der Waals surface area contributed by atoms with E-state index < -0.39 is 0 Å². The summed E-state index contributed by atoms with van der Waals surface area (Å²) in [6.07, 6.45) is 0. The first-order valence-electron chi connectivity index (χ1n) is 6.79. The molecule has 4 rings (SSSR count). The van der Waals surface area contributed by atoms with Crippen molar-refractivity contribution >= 4 is 34.3 Å². The highest BCUT2D eigenvalue weighted by Crippen LogP contribution is 2.40. The van der Waals surface area contributed by atoms with Crippen molar-refractivity contribution in [3.05, 3.63) is 54.6 Å². The highest BCUT2D eigenvalue weighted by Gasteiger charge is 2.30. The summed E-state index contributed by atoms with van der Waals surface area (Å²) in [5.74, 6) is 0.937. The van der Waals surface area contributed by atoms with Gasteiger partial charge in [0.05, 0.1) is 11.0 Å². The number of anilines is 2. The van der Waals surface area contributed by atoms with E-state index in [1.54, 1.807) is 11.8 Å². The van der Waals surface area contributed by atoms with Gasteiger partial charge in [-0.15, -0.1) is 0 Å². The largest absolute Gasteiger partial charge is 0.356 e. The number of benzene rings is 2. The predicted molar refractivity (Wildman–Crippen MR) is 87.7 cm³/mol. The van der Waals surface area contributed by atoms with Crippen molar-refractivity contribution in [3.63, 3.8) is 0 Å². The maximum Gasteiger partial charge on any atom is 0.164 e. The topological polar surface area (TPSA) is 41.1 Å². The van der Waals surface area contributed by atoms with Crippen LogP contribution in [0.2, 0.25) is 0 Å². The fourth-order valence-electron chi connectivity index (χ4n) is 2.38. The number of nitrogens with one attached hydrogen (secondary N) is 1. The highest BCUT2D eigenvalue weighted by atomic mass is 32.2. The molecule has 0 amide bonds. The van der Waals surface area contributed by atoms with Crippen molar-refractivity contribution in [2.75, 3.05) is 17.3 Å². The van der Waals surface area contributed by atoms with Crippen molar-refractivity contribution in [2.45, 2.75) is 10.5 Å². The van der Waals surface area contributed by atoms with Crippen LogP contribution in [0.15, 0.2) is 59.6 Å². The minimum absolute atomic E-state index is 0.110. The van der Waals surface area contributed by atoms with E-state index in [-0.39, 0.29) is 5.50 Å². The Balaban J connectivity index is 1.68. The normalized spacial score (nSPS) is 17.0. The highest BCUT2D eigenvalue weighted by molar-refractivity contribution is 8.00. The summed E-state index contributed by atoms with van der Waals surface area (Å²) in [6.45, 7) is 0. The first kappa shape index (κ1) is 12.5. The minimum atomic E-state index is 0.110. The summed E-state index contributed by atoms with van der Waals surface area (Å²) >= 11 is 1.70. The van der Waals surface area contributed by atoms with Crippen molar-refractivity contribution < 1.29 is 0 Å². The lowest BCUT2D eigenvalue weighted by atomic mass is 10.3. The van der Waals surface area contributed by atoms with E-state index in [0.29, 0.717) is 0 Å². The predicted octanol–water partition coefficient (Wildman–Crippen LogP) is 3.57. The number of thioether (sulfide) groups is 1. The molecule has 1 unspecified atom stereocenters. The van der Waals surface area contributed by atoms with Gasteiger partial charge < -0.3 is 10.2 Å². The second kappa shape index (κ2) is 4.93. The average Bonchev–Trinajstić information content (AvgIpc) is 2.82. The molecule has 0 spiro atoms. The van der Waals surface area contributed by atoms with Gasteiger partial charge in [0.15, 0.2) is 11.3 Å². The summed E-state index contributed by atoms with van der Waals surface area (Å²) in [5, 5.41) is 4.48. The Bertz CT molecular complexity index is 791. The Hall–Kier alpha value is -2.27. The lowest BCUT2D eigenvalue weighted by Crippen LogP contribution is -2.32. The maximum absolute atomic E-state index is 4.73. The quantitative estimate of drug-likeness (QED) is 0.782. The van der Waals surface area contributed by atoms with Gasteiger partial charge in [0.1, 0.15) is 5.03 Å². The molecule has 21 heavy (non-hydrogen) atoms. The number of hydrogen-bond acceptors (Lipinski definition) is 5. The van der Waals surface area contributed by atoms with Gasteiger partial charge in [-0.1, -0.05) is 42.1 Å². The van der Waals surface area contributed by atoms with Gasteiger partial charge in [0, 0.05) is 12.7 Å². The van der Waals surface area contributed by atoms with Gasteiger partial charge in [-0.2, -0.15) is 0 Å². The van der Waals surface area contributed by atoms with Gasteiger partial charge in [-0.05, 0) is 24.3 Å². The van der Waals surface area contributed by atoms with E-state index in [4.69, 9.17) is 9.97 Å². The summed E-state index contributed by atoms with van der Waals surface area (Å²) < 4.78 is 0. The van der Waals surface area contributed by atoms with Crippen LogP contribution in [0.4, 0.5) is 11.5 Å². The van der Waals surface area contributed by atoms with Gasteiger partial charge in [0.2, 0.25) is 0 Å². The van der Waals surface area contributed by atoms with E-state index >= 15 is 0 Å². The van der Waals surface area contributed by atoms with Gasteiger partial charge in [-0.25, -0.2) is 9.97 Å². The van der Waals surface area contributed by atoms with Crippen molar-refractivity contribution in [1.29, 1.82) is 0 Å². The van der Waals surface area contributed by atoms with Crippen LogP contribution in [-0.4, -0.2) is 22.5 Å². The Labute approximate surface area is 127 Å². The molecule has 0 fully saturated rings. The third kappa shape index (κ3) is 2.19. The van der Waals surface area contributed by atoms with Gasteiger partial charge in [0.25, 0.3) is 0 Å². The molecular weight excluding hydrogens is 280 g/mol. The van der Waals surface area contributed by atoms with Crippen LogP contribution < -0.4 is 10.2 Å². The van der Waals surface area contributed by atoms with Crippen molar-refractivity contribution in [3.8, 4) is 0 Å². The Kier molecular flexibility index (Phi) is 2.93. The molecule has 0 radical (unpaired) electrons. The van der Waals surface area contributed by atoms with E-state index in [1.165, 1.54) is 0 Å². The zero-order valence-corrected chi connectivity index (χ0v) is 12.3. The number of fused-ring (bicyclic) bond motifs is 2. The number of rotatable bonds is 2. The van der Waals surface area contributed by atoms with E-state index in [2.05, 4.69) is 22.3 Å². The van der Waals surface area contributed by atoms with Crippen LogP contribution in [-0.2, 0) is 0 Å². The molecule has 1 aliphatic rings. The molecule has 0 saturated carbocycles. The van der Waals surface area contributed by atoms with E-state index in [9.17, 15) is 0 Å². The lowest BCUT2D eigenvalue weighted by Gasteiger charge is -2.22. The van der Waals surface area contributed by atoms with Gasteiger partial charge >= 0.3 is 0 Å². The molecule has 0 saturated heterocycles. The Morgan fingerprint density at radius 1 is 0.952 bits per heavy atom. The molecule has 2 aromatic carbocycles. The third-order valence-electron chi connectivity index (χ3n) is 3.49. The van der Waals surface area contributed by atoms with Gasteiger partial charge in [-0.3, -0.25) is 0 Å². The van der Waals surface area contributed by atoms with Crippen LogP contribution in [0.3, 0.4) is 0 Å². The zero-order chi connectivity index (χ0) is 14.2. The summed E-state index contributed by atoms with van der Waals surface area (Å²) in [6, 6.07) is 18.2. The van der Waals surface area contributed by atoms with E-state index in [1.807, 2.05) is 49.5 Å². The molecule has 5 heteroatoms. The monoisotopic (exact) mass is 294 g/mol. The molecule has 0 bridgehead atoms. The fraction of sp³-hybridized carbons (Fsp3) is 0.125. The average molecular weight is 294 g/mol. The molecule has 104 valence electrons. The molecule has 1 atom stereocenters. The number of nitrogens with zero attached hydrogens (tertiary/aromatic N) is 3. The molecular formula is C16H14N4S. The second-order valence-corrected chi connectivity index (χ2v) is 6.00. The molecule has 3 aromatic rings. The third-order valence-corrected chi connectivity index (χ3v) is 4.65. The number of aromatic nitrogens is 2. The van der Waals surface area contributed by atoms with E-state index in [0.717, 1.165) is 27.6 Å². The standard InChI is InChI=1S/C16H14N4S/c1-20-14-15(19-13-10-6-5-9-12(13)18-14)21-16(20)17-11-7-3-2-4-8-11/h2-10,16-17H,1H3. The van der Waals surface area contributed by atoms with Crippen LogP contribution in [0.5, 0.6) is 0 Å². The molecule has 4 nitrogen and oxygen atoms in total. The summed E-state index contributed by atoms with van der Waals surface area (Å²) in [7, 11) is 2.04. The smallest absolute Gasteiger partial charge is 0.164 e. The maximum atomic E-state index is 4.73. The minimum Gasteiger partial charge on any atom is -0.356 e. The number of para-hydroxylation sites is 3. The summed E-state index contributed by atoms with van der Waals surface area (Å²) in [5.41, 5.74) is 3.08. The van der Waals surface area contributed by atoms with Crippen LogP contribution in [0, 0.1) is 0 Å². The van der Waals surface area contributed by atoms with Crippen LogP contribution in [0.1, 0.15) is 0 Å². The van der Waals surface area contributed by atoms with Crippen LogP contribution in [0.25, 0.3) is 11.0 Å². The Morgan fingerprint density at radius 2 is 1.62 bits per heavy atom. The lowest BCUT2D eigenvalue weighted by molar-refractivity contribution is 0.907. The molecule has 1 aromatic heterocycles. The van der Waals surface area contributed by atoms with Crippen molar-refractivity contribution in [1.82, 2.24) is 9.97 Å². The zero-order valence-electron chi connectivity index (χ0n) is 11.5. The SMILES string of the molecule is CN1c2nc3ccccc3nc2SC1Nc1ccccc1.